The second-order valence-corrected chi connectivity index (χ2v) is 8.94. The molecule has 6 nitrogen and oxygen atoms in total. The zero-order valence-electron chi connectivity index (χ0n) is 19.2. The van der Waals surface area contributed by atoms with Gasteiger partial charge in [0, 0.05) is 31.2 Å². The molecule has 0 saturated carbocycles. The van der Waals surface area contributed by atoms with Crippen LogP contribution < -0.4 is 15.0 Å². The lowest BCUT2D eigenvalue weighted by Gasteiger charge is -2.32. The van der Waals surface area contributed by atoms with E-state index in [2.05, 4.69) is 34.5 Å². The molecule has 0 aliphatic carbocycles. The van der Waals surface area contributed by atoms with Crippen LogP contribution in [0.5, 0.6) is 5.75 Å². The van der Waals surface area contributed by atoms with Gasteiger partial charge < -0.3 is 15.0 Å². The third-order valence-corrected chi connectivity index (χ3v) is 6.54. The Kier molecular flexibility index (Phi) is 6.58. The fourth-order valence-corrected chi connectivity index (χ4v) is 4.62. The van der Waals surface area contributed by atoms with Crippen molar-refractivity contribution in [1.82, 2.24) is 10.2 Å². The minimum atomic E-state index is -0.0703. The minimum absolute atomic E-state index is 0.0409. The van der Waals surface area contributed by atoms with E-state index in [0.717, 1.165) is 43.7 Å². The summed E-state index contributed by atoms with van der Waals surface area (Å²) in [4.78, 5) is 29.4. The van der Waals surface area contributed by atoms with E-state index < -0.39 is 0 Å². The first-order valence-corrected chi connectivity index (χ1v) is 11.8. The molecule has 34 heavy (non-hydrogen) atoms. The molecule has 2 aliphatic rings. The number of hydrogen-bond donors (Lipinski definition) is 1. The maximum Gasteiger partial charge on any atom is 0.265 e. The Labute approximate surface area is 200 Å². The van der Waals surface area contributed by atoms with Crippen LogP contribution in [0.2, 0.25) is 0 Å². The number of anilines is 1. The lowest BCUT2D eigenvalue weighted by molar-refractivity contribution is -0.121. The largest absolute Gasteiger partial charge is 0.482 e. The first-order chi connectivity index (χ1) is 16.7. The molecule has 2 amide bonds. The molecule has 6 heteroatoms. The number of carbonyl (C=O) groups is 2. The van der Waals surface area contributed by atoms with Crippen molar-refractivity contribution in [2.45, 2.75) is 32.0 Å². The van der Waals surface area contributed by atoms with Crippen molar-refractivity contribution in [2.24, 2.45) is 0 Å². The van der Waals surface area contributed by atoms with E-state index in [9.17, 15) is 9.59 Å². The van der Waals surface area contributed by atoms with Gasteiger partial charge in [-0.05, 0) is 48.2 Å². The van der Waals surface area contributed by atoms with Gasteiger partial charge >= 0.3 is 0 Å². The Morgan fingerprint density at radius 1 is 0.853 bits per heavy atom. The van der Waals surface area contributed by atoms with E-state index in [4.69, 9.17) is 4.74 Å². The van der Waals surface area contributed by atoms with Crippen molar-refractivity contribution in [3.63, 3.8) is 0 Å². The molecule has 1 fully saturated rings. The highest BCUT2D eigenvalue weighted by atomic mass is 16.5. The van der Waals surface area contributed by atoms with Crippen LogP contribution in [0.4, 0.5) is 5.69 Å². The Bertz CT molecular complexity index is 1140. The van der Waals surface area contributed by atoms with Gasteiger partial charge in [-0.3, -0.25) is 14.5 Å². The Hall–Kier alpha value is -3.64. The normalized spacial score (nSPS) is 16.6. The van der Waals surface area contributed by atoms with Crippen LogP contribution in [0.25, 0.3) is 0 Å². The molecule has 2 heterocycles. The molecule has 0 radical (unpaired) electrons. The zero-order valence-corrected chi connectivity index (χ0v) is 19.2. The number of benzene rings is 3. The maximum atomic E-state index is 12.8. The number of amides is 2. The van der Waals surface area contributed by atoms with Gasteiger partial charge in [0.1, 0.15) is 5.75 Å². The number of para-hydroxylation sites is 2. The van der Waals surface area contributed by atoms with Crippen molar-refractivity contribution >= 4 is 17.5 Å². The highest BCUT2D eigenvalue weighted by Gasteiger charge is 2.25. The molecular weight excluding hydrogens is 426 g/mol. The number of hydrogen-bond acceptors (Lipinski definition) is 4. The number of piperidine rings is 1. The smallest absolute Gasteiger partial charge is 0.265 e. The summed E-state index contributed by atoms with van der Waals surface area (Å²) in [6, 6.07) is 25.8. The van der Waals surface area contributed by atoms with Crippen LogP contribution in [-0.4, -0.2) is 42.5 Å². The van der Waals surface area contributed by atoms with Crippen LogP contribution in [-0.2, 0) is 17.9 Å². The Morgan fingerprint density at radius 3 is 2.29 bits per heavy atom. The highest BCUT2D eigenvalue weighted by Crippen LogP contribution is 2.32. The monoisotopic (exact) mass is 455 g/mol. The average molecular weight is 456 g/mol. The number of ether oxygens (including phenoxy) is 1. The van der Waals surface area contributed by atoms with Crippen molar-refractivity contribution in [1.29, 1.82) is 0 Å². The third kappa shape index (κ3) is 5.13. The molecule has 0 spiro atoms. The molecule has 1 N–H and O–H groups in total. The van der Waals surface area contributed by atoms with Crippen molar-refractivity contribution < 1.29 is 14.3 Å². The summed E-state index contributed by atoms with van der Waals surface area (Å²) in [5, 5.41) is 3.19. The maximum absolute atomic E-state index is 12.8. The van der Waals surface area contributed by atoms with Gasteiger partial charge in [0.15, 0.2) is 6.61 Å². The van der Waals surface area contributed by atoms with Gasteiger partial charge in [0.25, 0.3) is 11.8 Å². The van der Waals surface area contributed by atoms with Crippen LogP contribution >= 0.6 is 0 Å². The van der Waals surface area contributed by atoms with Crippen molar-refractivity contribution in [3.05, 3.63) is 95.6 Å². The molecule has 0 aromatic heterocycles. The Balaban J connectivity index is 1.14. The summed E-state index contributed by atoms with van der Waals surface area (Å²) in [5.41, 5.74) is 3.71. The lowest BCUT2D eigenvalue weighted by Crippen LogP contribution is -2.44. The van der Waals surface area contributed by atoms with Gasteiger partial charge in [-0.1, -0.05) is 54.6 Å². The summed E-state index contributed by atoms with van der Waals surface area (Å²) in [6.45, 7) is 3.41. The van der Waals surface area contributed by atoms with Gasteiger partial charge in [0.2, 0.25) is 0 Å². The summed E-state index contributed by atoms with van der Waals surface area (Å²) in [6.07, 6.45) is 1.91. The van der Waals surface area contributed by atoms with Crippen molar-refractivity contribution in [2.75, 3.05) is 24.6 Å². The second kappa shape index (κ2) is 10.1. The van der Waals surface area contributed by atoms with Crippen LogP contribution in [0.15, 0.2) is 78.9 Å². The van der Waals surface area contributed by atoms with E-state index in [1.165, 1.54) is 5.56 Å². The standard InChI is InChI=1S/C28H29N3O3/c32-27-20-34-26-9-5-4-8-25(26)31(27)19-22-10-12-23(13-11-22)28(33)29-24-14-16-30(17-15-24)18-21-6-2-1-3-7-21/h1-13,24H,14-20H2,(H,29,33). The number of nitrogens with zero attached hydrogens (tertiary/aromatic N) is 2. The van der Waals surface area contributed by atoms with E-state index >= 15 is 0 Å². The average Bonchev–Trinajstić information content (AvgIpc) is 2.88. The quantitative estimate of drug-likeness (QED) is 0.610. The summed E-state index contributed by atoms with van der Waals surface area (Å²) >= 11 is 0. The van der Waals surface area contributed by atoms with E-state index in [0.29, 0.717) is 17.9 Å². The fourth-order valence-electron chi connectivity index (χ4n) is 4.62. The van der Waals surface area contributed by atoms with Crippen LogP contribution in [0.3, 0.4) is 0 Å². The molecule has 0 bridgehead atoms. The molecule has 5 rings (SSSR count). The first kappa shape index (κ1) is 22.2. The number of likely N-dealkylation sites (tertiary alicyclic amines) is 1. The van der Waals surface area contributed by atoms with Gasteiger partial charge in [-0.15, -0.1) is 0 Å². The zero-order chi connectivity index (χ0) is 23.3. The van der Waals surface area contributed by atoms with Crippen molar-refractivity contribution in [3.8, 4) is 5.75 Å². The molecule has 0 unspecified atom stereocenters. The SMILES string of the molecule is O=C(NC1CCN(Cc2ccccc2)CC1)c1ccc(CN2C(=O)COc3ccccc32)cc1. The Morgan fingerprint density at radius 2 is 1.53 bits per heavy atom. The number of carbonyl (C=O) groups excluding carboxylic acids is 2. The summed E-state index contributed by atoms with van der Waals surface area (Å²) in [7, 11) is 0. The number of fused-ring (bicyclic) bond motifs is 1. The predicted octanol–water partition coefficient (Wildman–Crippen LogP) is 4.01. The molecular formula is C28H29N3O3. The molecule has 2 aliphatic heterocycles. The van der Waals surface area contributed by atoms with E-state index in [-0.39, 0.29) is 24.5 Å². The summed E-state index contributed by atoms with van der Waals surface area (Å²) in [5.74, 6) is 0.605. The minimum Gasteiger partial charge on any atom is -0.482 e. The predicted molar refractivity (Wildman–Crippen MR) is 132 cm³/mol. The van der Waals surface area contributed by atoms with E-state index in [1.807, 2.05) is 54.6 Å². The second-order valence-electron chi connectivity index (χ2n) is 8.94. The topological polar surface area (TPSA) is 61.9 Å². The molecule has 174 valence electrons. The van der Waals surface area contributed by atoms with Gasteiger partial charge in [-0.2, -0.15) is 0 Å². The lowest BCUT2D eigenvalue weighted by atomic mass is 10.0. The van der Waals surface area contributed by atoms with Crippen LogP contribution in [0, 0.1) is 0 Å². The number of rotatable bonds is 6. The van der Waals surface area contributed by atoms with E-state index in [1.54, 1.807) is 4.90 Å². The third-order valence-electron chi connectivity index (χ3n) is 6.54. The fraction of sp³-hybridized carbons (Fsp3) is 0.286. The van der Waals surface area contributed by atoms with Gasteiger partial charge in [0.05, 0.1) is 12.2 Å². The summed E-state index contributed by atoms with van der Waals surface area (Å²) < 4.78 is 5.52. The van der Waals surface area contributed by atoms with Crippen LogP contribution in [0.1, 0.15) is 34.3 Å². The first-order valence-electron chi connectivity index (χ1n) is 11.8. The molecule has 1 saturated heterocycles. The number of nitrogens with one attached hydrogen (secondary N) is 1. The molecule has 3 aromatic carbocycles. The molecule has 0 atom stereocenters. The molecule has 3 aromatic rings. The highest BCUT2D eigenvalue weighted by molar-refractivity contribution is 5.98. The van der Waals surface area contributed by atoms with Gasteiger partial charge in [-0.25, -0.2) is 0 Å².